The molecule has 5 heteroatoms. The van der Waals surface area contributed by atoms with Crippen molar-refractivity contribution in [1.29, 1.82) is 0 Å². The Hall–Kier alpha value is -0.321. The number of pyridine rings is 2. The van der Waals surface area contributed by atoms with Gasteiger partial charge in [0.15, 0.2) is 0 Å². The first-order chi connectivity index (χ1) is 15.2. The number of hydrogen-bond donors (Lipinski definition) is 0. The van der Waals surface area contributed by atoms with Crippen LogP contribution in [0.25, 0.3) is 0 Å². The van der Waals surface area contributed by atoms with Crippen LogP contribution in [0.1, 0.15) is 92.9 Å². The first-order valence-electron chi connectivity index (χ1n) is 12.6. The minimum absolute atomic E-state index is 0. The molecule has 2 aromatic heterocycles. The molecule has 2 heterocycles. The van der Waals surface area contributed by atoms with E-state index in [0.29, 0.717) is 10.3 Å². The zero-order chi connectivity index (χ0) is 23.2. The summed E-state index contributed by atoms with van der Waals surface area (Å²) in [5, 5.41) is 0.775. The summed E-state index contributed by atoms with van der Waals surface area (Å²) in [6, 6.07) is 12.8. The third-order valence-corrected chi connectivity index (χ3v) is 13.5. The van der Waals surface area contributed by atoms with Crippen molar-refractivity contribution in [2.75, 3.05) is 0 Å². The van der Waals surface area contributed by atoms with E-state index in [1.807, 2.05) is 24.5 Å². The smallest absolute Gasteiger partial charge is 0.358 e. The molecule has 0 spiro atoms. The van der Waals surface area contributed by atoms with Crippen molar-refractivity contribution in [3.05, 3.63) is 63.6 Å². The van der Waals surface area contributed by atoms with Gasteiger partial charge in [0.05, 0.1) is 10.9 Å². The van der Waals surface area contributed by atoms with Gasteiger partial charge in [0.1, 0.15) is 0 Å². The van der Waals surface area contributed by atoms with Crippen molar-refractivity contribution in [3.63, 3.8) is 0 Å². The molecular formula is C30H50FeN2P2. The molecule has 2 saturated carbocycles. The van der Waals surface area contributed by atoms with Gasteiger partial charge in [-0.15, -0.1) is 0 Å². The molecule has 2 unspecified atom stereocenters. The molecule has 0 aromatic carbocycles. The molecule has 0 saturated heterocycles. The van der Waals surface area contributed by atoms with Crippen LogP contribution in [0.5, 0.6) is 0 Å². The third kappa shape index (κ3) is 10.2. The van der Waals surface area contributed by atoms with E-state index in [1.54, 1.807) is 0 Å². The van der Waals surface area contributed by atoms with Crippen LogP contribution in [0.2, 0.25) is 0 Å². The molecule has 2 aliphatic carbocycles. The summed E-state index contributed by atoms with van der Waals surface area (Å²) in [4.78, 5) is 9.24. The first kappa shape index (κ1) is 34.7. The number of aromatic nitrogens is 2. The van der Waals surface area contributed by atoms with E-state index in [-0.39, 0.29) is 47.8 Å². The molecule has 2 fully saturated rings. The van der Waals surface area contributed by atoms with Crippen LogP contribution < -0.4 is 10.9 Å². The SMILES string of the molecule is CC(C)(C)P(c1ccccn1)C1CCCC1.CC(C)(C)P(c1ccccn1)C1CCCC1.[CH3-].[CH3-].[Fe+2]. The summed E-state index contributed by atoms with van der Waals surface area (Å²) in [6.07, 6.45) is 15.3. The second-order valence-corrected chi connectivity index (χ2v) is 17.9. The topological polar surface area (TPSA) is 25.8 Å². The molecule has 4 rings (SSSR count). The Morgan fingerprint density at radius 1 is 0.600 bits per heavy atom. The van der Waals surface area contributed by atoms with Crippen molar-refractivity contribution < 1.29 is 17.1 Å². The minimum atomic E-state index is -0.109. The molecular weight excluding hydrogens is 506 g/mol. The van der Waals surface area contributed by atoms with E-state index >= 15 is 0 Å². The van der Waals surface area contributed by atoms with Gasteiger partial charge in [-0.25, -0.2) is 0 Å². The van der Waals surface area contributed by atoms with Crippen molar-refractivity contribution in [2.24, 2.45) is 0 Å². The van der Waals surface area contributed by atoms with Gasteiger partial charge in [0.2, 0.25) is 0 Å². The quantitative estimate of drug-likeness (QED) is 0.214. The van der Waals surface area contributed by atoms with Gasteiger partial charge in [-0.3, -0.25) is 9.97 Å². The predicted molar refractivity (Wildman–Crippen MR) is 158 cm³/mol. The standard InChI is InChI=1S/2C14H22NP.2CH3.Fe/c2*1-14(2,3)16(12-8-4-5-9-12)13-10-6-7-11-15-13;;;/h2*6-7,10-12H,4-5,8-9H2,1-3H3;2*1H3;/q;;2*-1;+2. The molecule has 0 N–H and O–H groups in total. The second-order valence-electron chi connectivity index (χ2n) is 11.3. The van der Waals surface area contributed by atoms with E-state index in [9.17, 15) is 0 Å². The Bertz CT molecular complexity index is 721. The average molecular weight is 557 g/mol. The minimum Gasteiger partial charge on any atom is -0.358 e. The predicted octanol–water partition coefficient (Wildman–Crippen LogP) is 8.76. The van der Waals surface area contributed by atoms with E-state index in [2.05, 4.69) is 75.8 Å². The van der Waals surface area contributed by atoms with Crippen molar-refractivity contribution >= 4 is 26.7 Å². The molecule has 2 atom stereocenters. The molecule has 0 bridgehead atoms. The maximum Gasteiger partial charge on any atom is 2.00 e. The van der Waals surface area contributed by atoms with E-state index in [4.69, 9.17) is 0 Å². The monoisotopic (exact) mass is 556 g/mol. The van der Waals surface area contributed by atoms with Crippen molar-refractivity contribution in [1.82, 2.24) is 9.97 Å². The van der Waals surface area contributed by atoms with E-state index in [1.165, 1.54) is 62.2 Å². The van der Waals surface area contributed by atoms with Crippen LogP contribution in [0.4, 0.5) is 0 Å². The fourth-order valence-electron chi connectivity index (χ4n) is 5.47. The molecule has 0 aliphatic heterocycles. The summed E-state index contributed by atoms with van der Waals surface area (Å²) >= 11 is 0. The molecule has 0 radical (unpaired) electrons. The van der Waals surface area contributed by atoms with Crippen LogP contribution >= 0.6 is 15.8 Å². The third-order valence-electron chi connectivity index (χ3n) is 6.62. The van der Waals surface area contributed by atoms with Gasteiger partial charge in [-0.05, 0) is 87.4 Å². The number of nitrogens with zero attached hydrogens (tertiary/aromatic N) is 2. The Balaban J connectivity index is 0.000000608. The van der Waals surface area contributed by atoms with Crippen LogP contribution in [0.15, 0.2) is 48.8 Å². The van der Waals surface area contributed by atoms with Crippen LogP contribution in [-0.2, 0) is 17.1 Å². The second kappa shape index (κ2) is 15.8. The molecule has 2 nitrogen and oxygen atoms in total. The van der Waals surface area contributed by atoms with Gasteiger partial charge < -0.3 is 14.9 Å². The van der Waals surface area contributed by atoms with Crippen LogP contribution in [0.3, 0.4) is 0 Å². The van der Waals surface area contributed by atoms with E-state index < -0.39 is 0 Å². The molecule has 0 amide bonds. The summed E-state index contributed by atoms with van der Waals surface area (Å²) in [5.41, 5.74) is 4.53. The van der Waals surface area contributed by atoms with Crippen LogP contribution in [0, 0.1) is 14.9 Å². The normalized spacial score (nSPS) is 18.2. The Morgan fingerprint density at radius 3 is 1.14 bits per heavy atom. The maximum absolute atomic E-state index is 4.62. The van der Waals surface area contributed by atoms with Gasteiger partial charge in [-0.1, -0.05) is 79.4 Å². The summed E-state index contributed by atoms with van der Waals surface area (Å²) < 4.78 is 0. The van der Waals surface area contributed by atoms with Gasteiger partial charge >= 0.3 is 17.1 Å². The Labute approximate surface area is 231 Å². The zero-order valence-corrected chi connectivity index (χ0v) is 26.5. The molecule has 35 heavy (non-hydrogen) atoms. The fraction of sp³-hybridized carbons (Fsp3) is 0.600. The maximum atomic E-state index is 4.62. The first-order valence-corrected chi connectivity index (χ1v) is 15.4. The largest absolute Gasteiger partial charge is 2.00 e. The van der Waals surface area contributed by atoms with Crippen molar-refractivity contribution in [3.8, 4) is 0 Å². The Morgan fingerprint density at radius 2 is 0.914 bits per heavy atom. The number of rotatable bonds is 4. The molecule has 2 aromatic rings. The summed E-state index contributed by atoms with van der Waals surface area (Å²) in [6.45, 7) is 14.3. The van der Waals surface area contributed by atoms with E-state index in [0.717, 1.165) is 11.3 Å². The zero-order valence-electron chi connectivity index (χ0n) is 23.6. The van der Waals surface area contributed by atoms with Gasteiger partial charge in [-0.2, -0.15) is 0 Å². The fourth-order valence-corrected chi connectivity index (χ4v) is 12.4. The van der Waals surface area contributed by atoms with Crippen molar-refractivity contribution in [2.45, 2.75) is 115 Å². The number of hydrogen-bond acceptors (Lipinski definition) is 2. The van der Waals surface area contributed by atoms with Gasteiger partial charge in [0.25, 0.3) is 0 Å². The molecule has 198 valence electrons. The summed E-state index contributed by atoms with van der Waals surface area (Å²) in [5.74, 6) is 0. The Kier molecular flexibility index (Phi) is 15.7. The molecule has 2 aliphatic rings. The average Bonchev–Trinajstić information content (AvgIpc) is 3.43. The van der Waals surface area contributed by atoms with Gasteiger partial charge in [0, 0.05) is 12.4 Å². The summed E-state index contributed by atoms with van der Waals surface area (Å²) in [7, 11) is -0.218. The van der Waals surface area contributed by atoms with Crippen LogP contribution in [-0.4, -0.2) is 31.6 Å².